The number of aryl methyl sites for hydroxylation is 2. The average Bonchev–Trinajstić information content (AvgIpc) is 3.12. The maximum atomic E-state index is 13.2. The van der Waals surface area contributed by atoms with Crippen molar-refractivity contribution in [3.8, 4) is 11.5 Å². The van der Waals surface area contributed by atoms with Crippen molar-refractivity contribution in [2.24, 2.45) is 0 Å². The van der Waals surface area contributed by atoms with Gasteiger partial charge in [0.25, 0.3) is 5.89 Å². The fourth-order valence-corrected chi connectivity index (χ4v) is 2.65. The Morgan fingerprint density at radius 2 is 1.85 bits per heavy atom. The second-order valence-electron chi connectivity index (χ2n) is 5.87. The van der Waals surface area contributed by atoms with Crippen LogP contribution in [0.5, 0.6) is 0 Å². The van der Waals surface area contributed by atoms with Gasteiger partial charge in [0.15, 0.2) is 11.5 Å². The van der Waals surface area contributed by atoms with Crippen LogP contribution in [0.3, 0.4) is 0 Å². The Balaban J connectivity index is 0.00000210. The molecular formula is C19H17ClFN5O. The third-order valence-electron chi connectivity index (χ3n) is 4.00. The third kappa shape index (κ3) is 3.73. The normalized spacial score (nSPS) is 10.6. The van der Waals surface area contributed by atoms with Crippen molar-refractivity contribution in [3.05, 3.63) is 59.9 Å². The summed E-state index contributed by atoms with van der Waals surface area (Å²) in [6.45, 7) is 3.87. The Morgan fingerprint density at radius 1 is 1.07 bits per heavy atom. The summed E-state index contributed by atoms with van der Waals surface area (Å²) in [5, 5.41) is 8.09. The van der Waals surface area contributed by atoms with Crippen LogP contribution in [0.25, 0.3) is 22.5 Å². The first-order valence-corrected chi connectivity index (χ1v) is 8.26. The van der Waals surface area contributed by atoms with E-state index in [2.05, 4.69) is 25.4 Å². The molecule has 4 rings (SSSR count). The summed E-state index contributed by atoms with van der Waals surface area (Å²) in [6, 6.07) is 9.98. The van der Waals surface area contributed by atoms with Crippen molar-refractivity contribution in [3.63, 3.8) is 0 Å². The molecule has 1 aromatic carbocycles. The van der Waals surface area contributed by atoms with E-state index in [1.54, 1.807) is 18.3 Å². The third-order valence-corrected chi connectivity index (χ3v) is 4.00. The van der Waals surface area contributed by atoms with E-state index >= 15 is 0 Å². The first-order valence-electron chi connectivity index (χ1n) is 8.26. The molecule has 0 unspecified atom stereocenters. The van der Waals surface area contributed by atoms with Gasteiger partial charge >= 0.3 is 0 Å². The van der Waals surface area contributed by atoms with Gasteiger partial charge in [0.05, 0.1) is 11.3 Å². The number of aromatic nitrogens is 4. The van der Waals surface area contributed by atoms with Crippen molar-refractivity contribution in [1.82, 2.24) is 20.1 Å². The number of fused-ring (bicyclic) bond motifs is 1. The van der Waals surface area contributed by atoms with Crippen molar-refractivity contribution in [2.45, 2.75) is 20.3 Å². The lowest BCUT2D eigenvalue weighted by atomic mass is 10.1. The van der Waals surface area contributed by atoms with Gasteiger partial charge in [-0.3, -0.25) is 0 Å². The summed E-state index contributed by atoms with van der Waals surface area (Å²) in [5.41, 5.74) is 3.61. The molecule has 0 bridgehead atoms. The number of anilines is 2. The van der Waals surface area contributed by atoms with E-state index in [-0.39, 0.29) is 18.2 Å². The van der Waals surface area contributed by atoms with E-state index in [0.717, 1.165) is 22.5 Å². The summed E-state index contributed by atoms with van der Waals surface area (Å²) in [4.78, 5) is 13.3. The van der Waals surface area contributed by atoms with E-state index in [1.807, 2.05) is 26.0 Å². The predicted octanol–water partition coefficient (Wildman–Crippen LogP) is 4.86. The molecule has 0 aliphatic heterocycles. The van der Waals surface area contributed by atoms with E-state index in [9.17, 15) is 4.39 Å². The quantitative estimate of drug-likeness (QED) is 0.540. The molecule has 0 aliphatic rings. The number of rotatable bonds is 4. The number of nitrogens with one attached hydrogen (secondary N) is 1. The molecule has 0 spiro atoms. The summed E-state index contributed by atoms with van der Waals surface area (Å²) in [6.07, 6.45) is 2.33. The van der Waals surface area contributed by atoms with Crippen LogP contribution in [0.1, 0.15) is 18.4 Å². The van der Waals surface area contributed by atoms with Crippen LogP contribution in [-0.4, -0.2) is 20.1 Å². The average molecular weight is 386 g/mol. The van der Waals surface area contributed by atoms with Gasteiger partial charge in [0, 0.05) is 29.4 Å². The summed E-state index contributed by atoms with van der Waals surface area (Å²) in [7, 11) is 0. The lowest BCUT2D eigenvalue weighted by Crippen LogP contribution is -1.98. The molecular weight excluding hydrogens is 369 g/mol. The minimum atomic E-state index is -0.294. The molecule has 0 saturated heterocycles. The first kappa shape index (κ1) is 18.7. The maximum Gasteiger partial charge on any atom is 0.261 e. The van der Waals surface area contributed by atoms with Crippen LogP contribution in [0.2, 0.25) is 0 Å². The van der Waals surface area contributed by atoms with E-state index in [4.69, 9.17) is 4.52 Å². The smallest absolute Gasteiger partial charge is 0.261 e. The zero-order valence-electron chi connectivity index (χ0n) is 14.7. The maximum absolute atomic E-state index is 13.2. The molecule has 0 saturated carbocycles. The van der Waals surface area contributed by atoms with E-state index in [1.165, 1.54) is 12.1 Å². The van der Waals surface area contributed by atoms with Gasteiger partial charge < -0.3 is 9.84 Å². The second kappa shape index (κ2) is 7.67. The molecule has 138 valence electrons. The molecule has 3 aromatic heterocycles. The molecule has 6 nitrogen and oxygen atoms in total. The minimum absolute atomic E-state index is 0. The highest BCUT2D eigenvalue weighted by Gasteiger charge is 2.17. The zero-order chi connectivity index (χ0) is 18.1. The molecule has 4 aromatic rings. The van der Waals surface area contributed by atoms with E-state index in [0.29, 0.717) is 29.3 Å². The molecule has 3 heterocycles. The lowest BCUT2D eigenvalue weighted by Gasteiger charge is -2.13. The molecule has 0 radical (unpaired) electrons. The fraction of sp³-hybridized carbons (Fsp3) is 0.158. The predicted molar refractivity (Wildman–Crippen MR) is 104 cm³/mol. The Kier molecular flexibility index (Phi) is 5.32. The largest absolute Gasteiger partial charge is 0.354 e. The zero-order valence-corrected chi connectivity index (χ0v) is 15.5. The van der Waals surface area contributed by atoms with Gasteiger partial charge in [-0.25, -0.2) is 14.4 Å². The molecule has 0 fully saturated rings. The summed E-state index contributed by atoms with van der Waals surface area (Å²) in [5.74, 6) is 0.702. The van der Waals surface area contributed by atoms with Crippen LogP contribution in [0, 0.1) is 12.7 Å². The Bertz CT molecular complexity index is 1080. The summed E-state index contributed by atoms with van der Waals surface area (Å²) >= 11 is 0. The number of hydrogen-bond acceptors (Lipinski definition) is 6. The van der Waals surface area contributed by atoms with Gasteiger partial charge in [-0.05, 0) is 43.3 Å². The molecule has 0 aliphatic carbocycles. The Hall–Kier alpha value is -3.06. The standard InChI is InChI=1S/C19H16FN5O.ClH/c1-3-16-24-19(26-25-16)15-10-21-18-14(9-4-11(2)22-18)17(15)23-13-7-5-12(20)6-8-13;/h4-10H,3H2,1-2H3,(H,21,22,23);1H. The van der Waals surface area contributed by atoms with Crippen LogP contribution in [0.15, 0.2) is 47.1 Å². The molecule has 8 heteroatoms. The van der Waals surface area contributed by atoms with Crippen LogP contribution in [0.4, 0.5) is 15.8 Å². The highest BCUT2D eigenvalue weighted by atomic mass is 35.5. The monoisotopic (exact) mass is 385 g/mol. The van der Waals surface area contributed by atoms with Gasteiger partial charge in [0.1, 0.15) is 5.82 Å². The Morgan fingerprint density at radius 3 is 2.56 bits per heavy atom. The van der Waals surface area contributed by atoms with Crippen molar-refractivity contribution >= 4 is 34.8 Å². The number of benzene rings is 1. The highest BCUT2D eigenvalue weighted by molar-refractivity contribution is 5.98. The van der Waals surface area contributed by atoms with Crippen LogP contribution < -0.4 is 5.32 Å². The van der Waals surface area contributed by atoms with E-state index < -0.39 is 0 Å². The molecule has 27 heavy (non-hydrogen) atoms. The first-order chi connectivity index (χ1) is 12.6. The minimum Gasteiger partial charge on any atom is -0.354 e. The molecule has 0 amide bonds. The van der Waals surface area contributed by atoms with Crippen LogP contribution >= 0.6 is 12.4 Å². The highest BCUT2D eigenvalue weighted by Crippen LogP contribution is 2.34. The fourth-order valence-electron chi connectivity index (χ4n) is 2.65. The van der Waals surface area contributed by atoms with Gasteiger partial charge in [-0.1, -0.05) is 12.1 Å². The topological polar surface area (TPSA) is 76.7 Å². The van der Waals surface area contributed by atoms with Gasteiger partial charge in [-0.15, -0.1) is 12.4 Å². The van der Waals surface area contributed by atoms with Crippen molar-refractivity contribution < 1.29 is 8.91 Å². The number of hydrogen-bond donors (Lipinski definition) is 1. The van der Waals surface area contributed by atoms with Gasteiger partial charge in [0.2, 0.25) is 0 Å². The summed E-state index contributed by atoms with van der Waals surface area (Å²) < 4.78 is 18.6. The second-order valence-corrected chi connectivity index (χ2v) is 5.87. The SMILES string of the molecule is CCc1noc(-c2cnc3nc(C)ccc3c2Nc2ccc(F)cc2)n1.Cl. The van der Waals surface area contributed by atoms with Crippen molar-refractivity contribution in [2.75, 3.05) is 5.32 Å². The van der Waals surface area contributed by atoms with Crippen molar-refractivity contribution in [1.29, 1.82) is 0 Å². The lowest BCUT2D eigenvalue weighted by molar-refractivity contribution is 0.423. The number of halogens is 2. The molecule has 0 atom stereocenters. The molecule has 1 N–H and O–H groups in total. The van der Waals surface area contributed by atoms with Gasteiger partial charge in [-0.2, -0.15) is 4.98 Å². The number of nitrogens with zero attached hydrogens (tertiary/aromatic N) is 4. The van der Waals surface area contributed by atoms with Crippen LogP contribution in [-0.2, 0) is 6.42 Å². The Labute approximate surface area is 161 Å². The number of pyridine rings is 2.